The number of esters is 1. The molecule has 132 valence electrons. The Morgan fingerprint density at radius 3 is 2.32 bits per heavy atom. The predicted octanol–water partition coefficient (Wildman–Crippen LogP) is 2.20. The summed E-state index contributed by atoms with van der Waals surface area (Å²) in [5, 5.41) is 9.68. The Bertz CT molecular complexity index is 794. The van der Waals surface area contributed by atoms with E-state index in [1.165, 1.54) is 43.6 Å². The Morgan fingerprint density at radius 2 is 1.84 bits per heavy atom. The Kier molecular flexibility index (Phi) is 5.88. The molecular weight excluding hydrogens is 350 g/mol. The van der Waals surface area contributed by atoms with Gasteiger partial charge in [-0.15, -0.1) is 0 Å². The molecule has 0 amide bonds. The molecule has 0 spiro atoms. The van der Waals surface area contributed by atoms with Crippen LogP contribution in [0.3, 0.4) is 0 Å². The lowest BCUT2D eigenvalue weighted by atomic mass is 10.2. The standard InChI is InChI=1S/C15H15N3O6S/c1-9-7-16-14(17-8-9)13(10(2)25(22)23)24-15(19)11-3-5-12(6-4-11)18(20)21/h3-8,10,13H,1-2H3,(H,22,23)/t10-,13-/m0/s1. The molecule has 0 aliphatic carbocycles. The van der Waals surface area contributed by atoms with Crippen LogP contribution in [0.15, 0.2) is 36.7 Å². The van der Waals surface area contributed by atoms with Crippen molar-refractivity contribution in [2.45, 2.75) is 25.2 Å². The third-order valence-corrected chi connectivity index (χ3v) is 4.23. The number of hydrogen-bond acceptors (Lipinski definition) is 7. The first kappa shape index (κ1) is 18.6. The van der Waals surface area contributed by atoms with Gasteiger partial charge in [-0.1, -0.05) is 0 Å². The minimum Gasteiger partial charge on any atom is -0.449 e. The SMILES string of the molecule is Cc1cnc([C@@H](OC(=O)c2ccc([N+](=O)[O-])cc2)[C@H](C)S(=O)O)nc1. The Labute approximate surface area is 145 Å². The number of carbonyl (C=O) groups excluding carboxylic acids is 1. The molecule has 2 aromatic rings. The first-order valence-electron chi connectivity index (χ1n) is 7.13. The minimum atomic E-state index is -2.28. The van der Waals surface area contributed by atoms with Gasteiger partial charge in [0.05, 0.1) is 10.5 Å². The van der Waals surface area contributed by atoms with Crippen molar-refractivity contribution in [2.75, 3.05) is 0 Å². The van der Waals surface area contributed by atoms with Gasteiger partial charge in [0.2, 0.25) is 0 Å². The molecule has 1 heterocycles. The van der Waals surface area contributed by atoms with Gasteiger partial charge >= 0.3 is 5.97 Å². The van der Waals surface area contributed by atoms with E-state index in [1.807, 2.05) is 0 Å². The summed E-state index contributed by atoms with van der Waals surface area (Å²) < 4.78 is 26.0. The van der Waals surface area contributed by atoms with Crippen LogP contribution in [0, 0.1) is 17.0 Å². The van der Waals surface area contributed by atoms with Crippen LogP contribution in [0.25, 0.3) is 0 Å². The van der Waals surface area contributed by atoms with Crippen LogP contribution in [0.2, 0.25) is 0 Å². The Morgan fingerprint density at radius 1 is 1.28 bits per heavy atom. The van der Waals surface area contributed by atoms with Crippen molar-refractivity contribution in [3.8, 4) is 0 Å². The van der Waals surface area contributed by atoms with Gasteiger partial charge in [0.15, 0.2) is 23.0 Å². The van der Waals surface area contributed by atoms with Gasteiger partial charge in [-0.25, -0.2) is 19.0 Å². The topological polar surface area (TPSA) is 133 Å². The second-order valence-electron chi connectivity index (χ2n) is 5.23. The number of carbonyl (C=O) groups is 1. The molecule has 0 radical (unpaired) electrons. The van der Waals surface area contributed by atoms with Crippen LogP contribution in [0.5, 0.6) is 0 Å². The molecule has 0 saturated carbocycles. The second-order valence-corrected chi connectivity index (χ2v) is 6.53. The van der Waals surface area contributed by atoms with Crippen molar-refractivity contribution in [3.05, 3.63) is 63.7 Å². The zero-order valence-electron chi connectivity index (χ0n) is 13.4. The van der Waals surface area contributed by atoms with Gasteiger partial charge < -0.3 is 9.29 Å². The smallest absolute Gasteiger partial charge is 0.338 e. The highest BCUT2D eigenvalue weighted by Gasteiger charge is 2.30. The summed E-state index contributed by atoms with van der Waals surface area (Å²) in [6, 6.07) is 4.82. The van der Waals surface area contributed by atoms with E-state index in [-0.39, 0.29) is 17.1 Å². The largest absolute Gasteiger partial charge is 0.449 e. The van der Waals surface area contributed by atoms with E-state index in [0.717, 1.165) is 5.56 Å². The molecule has 0 aliphatic heterocycles. The van der Waals surface area contributed by atoms with Crippen LogP contribution in [-0.2, 0) is 15.8 Å². The number of benzene rings is 1. The number of hydrogen-bond donors (Lipinski definition) is 1. The summed E-state index contributed by atoms with van der Waals surface area (Å²) in [6.07, 6.45) is 1.86. The zero-order chi connectivity index (χ0) is 18.6. The number of nitro groups is 1. The van der Waals surface area contributed by atoms with E-state index in [2.05, 4.69) is 9.97 Å². The zero-order valence-corrected chi connectivity index (χ0v) is 14.2. The van der Waals surface area contributed by atoms with E-state index < -0.39 is 33.3 Å². The maximum absolute atomic E-state index is 12.3. The van der Waals surface area contributed by atoms with Crippen molar-refractivity contribution < 1.29 is 23.2 Å². The van der Waals surface area contributed by atoms with E-state index in [0.29, 0.717) is 0 Å². The summed E-state index contributed by atoms with van der Waals surface area (Å²) in [7, 11) is 0. The van der Waals surface area contributed by atoms with Gasteiger partial charge in [0.1, 0.15) is 5.25 Å². The molecule has 1 aromatic heterocycles. The predicted molar refractivity (Wildman–Crippen MR) is 88.3 cm³/mol. The van der Waals surface area contributed by atoms with E-state index in [1.54, 1.807) is 6.92 Å². The van der Waals surface area contributed by atoms with Crippen LogP contribution in [0.4, 0.5) is 5.69 Å². The maximum Gasteiger partial charge on any atom is 0.338 e. The summed E-state index contributed by atoms with van der Waals surface area (Å²) in [4.78, 5) is 30.4. The first-order valence-corrected chi connectivity index (χ1v) is 8.30. The number of ether oxygens (including phenoxy) is 1. The second kappa shape index (κ2) is 7.90. The van der Waals surface area contributed by atoms with Gasteiger partial charge in [-0.05, 0) is 31.5 Å². The fraction of sp³-hybridized carbons (Fsp3) is 0.267. The Balaban J connectivity index is 2.26. The summed E-state index contributed by atoms with van der Waals surface area (Å²) >= 11 is -2.28. The average Bonchev–Trinajstić information content (AvgIpc) is 2.59. The molecule has 1 N–H and O–H groups in total. The monoisotopic (exact) mass is 365 g/mol. The summed E-state index contributed by atoms with van der Waals surface area (Å²) in [6.45, 7) is 3.20. The van der Waals surface area contributed by atoms with E-state index in [4.69, 9.17) is 4.74 Å². The van der Waals surface area contributed by atoms with E-state index >= 15 is 0 Å². The van der Waals surface area contributed by atoms with Crippen molar-refractivity contribution in [1.82, 2.24) is 9.97 Å². The van der Waals surface area contributed by atoms with Gasteiger partial charge in [0, 0.05) is 24.5 Å². The van der Waals surface area contributed by atoms with Gasteiger partial charge in [0.25, 0.3) is 5.69 Å². The highest BCUT2D eigenvalue weighted by atomic mass is 32.2. The molecule has 0 bridgehead atoms. The molecule has 25 heavy (non-hydrogen) atoms. The fourth-order valence-electron chi connectivity index (χ4n) is 1.92. The quantitative estimate of drug-likeness (QED) is 0.356. The Hall–Kier alpha value is -2.72. The third kappa shape index (κ3) is 4.64. The molecule has 10 heteroatoms. The maximum atomic E-state index is 12.3. The normalized spacial score (nSPS) is 14.4. The van der Waals surface area contributed by atoms with Gasteiger partial charge in [-0.2, -0.15) is 0 Å². The van der Waals surface area contributed by atoms with Crippen molar-refractivity contribution >= 4 is 22.7 Å². The molecule has 1 unspecified atom stereocenters. The number of aromatic nitrogens is 2. The van der Waals surface area contributed by atoms with Crippen molar-refractivity contribution in [1.29, 1.82) is 0 Å². The molecule has 0 fully saturated rings. The lowest BCUT2D eigenvalue weighted by Crippen LogP contribution is -2.27. The number of aryl methyl sites for hydroxylation is 1. The van der Waals surface area contributed by atoms with Crippen LogP contribution in [0.1, 0.15) is 34.8 Å². The van der Waals surface area contributed by atoms with Gasteiger partial charge in [-0.3, -0.25) is 10.1 Å². The number of non-ortho nitro benzene ring substituents is 1. The molecule has 3 atom stereocenters. The number of rotatable bonds is 6. The molecular formula is C15H15N3O6S. The van der Waals surface area contributed by atoms with Crippen LogP contribution >= 0.6 is 0 Å². The van der Waals surface area contributed by atoms with Crippen molar-refractivity contribution in [2.24, 2.45) is 0 Å². The first-order chi connectivity index (χ1) is 11.8. The lowest BCUT2D eigenvalue weighted by molar-refractivity contribution is -0.384. The third-order valence-electron chi connectivity index (χ3n) is 3.35. The number of nitrogens with zero attached hydrogens (tertiary/aromatic N) is 3. The van der Waals surface area contributed by atoms with Crippen LogP contribution < -0.4 is 0 Å². The van der Waals surface area contributed by atoms with Crippen molar-refractivity contribution in [3.63, 3.8) is 0 Å². The highest BCUT2D eigenvalue weighted by molar-refractivity contribution is 7.79. The summed E-state index contributed by atoms with van der Waals surface area (Å²) in [5.74, 6) is -0.711. The molecule has 9 nitrogen and oxygen atoms in total. The van der Waals surface area contributed by atoms with E-state index in [9.17, 15) is 23.7 Å². The molecule has 0 saturated heterocycles. The fourth-order valence-corrected chi connectivity index (χ4v) is 2.31. The number of nitro benzene ring substituents is 1. The highest BCUT2D eigenvalue weighted by Crippen LogP contribution is 2.23. The lowest BCUT2D eigenvalue weighted by Gasteiger charge is -2.20. The molecule has 1 aromatic carbocycles. The average molecular weight is 365 g/mol. The van der Waals surface area contributed by atoms with Crippen LogP contribution in [-0.4, -0.2) is 34.9 Å². The summed E-state index contributed by atoms with van der Waals surface area (Å²) in [5.41, 5.74) is 0.681. The minimum absolute atomic E-state index is 0.0682. The molecule has 2 rings (SSSR count). The molecule has 0 aliphatic rings.